The minimum absolute atomic E-state index is 0.291. The van der Waals surface area contributed by atoms with E-state index < -0.39 is 11.9 Å². The maximum atomic E-state index is 10.8. The van der Waals surface area contributed by atoms with E-state index in [0.717, 1.165) is 26.2 Å². The van der Waals surface area contributed by atoms with E-state index >= 15 is 0 Å². The van der Waals surface area contributed by atoms with Crippen molar-refractivity contribution in [3.63, 3.8) is 0 Å². The minimum atomic E-state index is -0.809. The molecule has 5 nitrogen and oxygen atoms in total. The first-order chi connectivity index (χ1) is 8.04. The van der Waals surface area contributed by atoms with Gasteiger partial charge in [-0.15, -0.1) is 0 Å². The quantitative estimate of drug-likeness (QED) is 0.607. The molecule has 17 heavy (non-hydrogen) atoms. The fraction of sp³-hybridized carbons (Fsp3) is 0.833. The van der Waals surface area contributed by atoms with Crippen molar-refractivity contribution < 1.29 is 9.90 Å². The maximum absolute atomic E-state index is 10.8. The predicted molar refractivity (Wildman–Crippen MR) is 66.6 cm³/mol. The number of carboxylic acid groups (broad SMARTS) is 1. The van der Waals surface area contributed by atoms with Crippen molar-refractivity contribution in [3.05, 3.63) is 0 Å². The summed E-state index contributed by atoms with van der Waals surface area (Å²) < 4.78 is 0. The van der Waals surface area contributed by atoms with Gasteiger partial charge in [-0.05, 0) is 13.1 Å². The SMILES string of the molecule is CCN(CC)CCN(CC#N)CC(C)C(=O)O. The molecule has 0 aromatic rings. The van der Waals surface area contributed by atoms with Crippen molar-refractivity contribution in [1.82, 2.24) is 9.80 Å². The predicted octanol–water partition coefficient (Wildman–Crippen LogP) is 0.874. The van der Waals surface area contributed by atoms with E-state index in [0.29, 0.717) is 13.1 Å². The molecule has 0 radical (unpaired) electrons. The van der Waals surface area contributed by atoms with Crippen molar-refractivity contribution in [3.8, 4) is 6.07 Å². The third kappa shape index (κ3) is 6.93. The standard InChI is InChI=1S/C12H23N3O2/c1-4-14(5-2)8-9-15(7-6-13)10-11(3)12(16)17/h11H,4-5,7-10H2,1-3H3,(H,16,17). The fourth-order valence-corrected chi connectivity index (χ4v) is 1.62. The Labute approximate surface area is 104 Å². The van der Waals surface area contributed by atoms with E-state index in [1.165, 1.54) is 0 Å². The molecule has 1 N–H and O–H groups in total. The normalized spacial score (nSPS) is 12.7. The van der Waals surface area contributed by atoms with Crippen LogP contribution in [0.3, 0.4) is 0 Å². The molecule has 0 aliphatic heterocycles. The Balaban J connectivity index is 4.15. The maximum Gasteiger partial charge on any atom is 0.307 e. The van der Waals surface area contributed by atoms with Crippen LogP contribution in [-0.2, 0) is 4.79 Å². The third-order valence-electron chi connectivity index (χ3n) is 2.87. The molecule has 0 saturated carbocycles. The zero-order chi connectivity index (χ0) is 13.3. The Morgan fingerprint density at radius 3 is 2.24 bits per heavy atom. The van der Waals surface area contributed by atoms with E-state index in [4.69, 9.17) is 10.4 Å². The molecule has 98 valence electrons. The first-order valence-corrected chi connectivity index (χ1v) is 6.09. The van der Waals surface area contributed by atoms with Crippen molar-refractivity contribution in [1.29, 1.82) is 5.26 Å². The lowest BCUT2D eigenvalue weighted by Gasteiger charge is -2.25. The van der Waals surface area contributed by atoms with Gasteiger partial charge in [-0.25, -0.2) is 0 Å². The van der Waals surface area contributed by atoms with Gasteiger partial charge in [0, 0.05) is 19.6 Å². The van der Waals surface area contributed by atoms with Crippen LogP contribution in [-0.4, -0.2) is 60.1 Å². The van der Waals surface area contributed by atoms with Crippen molar-refractivity contribution in [2.45, 2.75) is 20.8 Å². The highest BCUT2D eigenvalue weighted by Gasteiger charge is 2.16. The average Bonchev–Trinajstić information content (AvgIpc) is 2.30. The van der Waals surface area contributed by atoms with E-state index in [9.17, 15) is 4.79 Å². The number of hydrogen-bond donors (Lipinski definition) is 1. The Hall–Kier alpha value is -1.12. The van der Waals surface area contributed by atoms with E-state index in [1.807, 2.05) is 4.90 Å². The Morgan fingerprint density at radius 2 is 1.82 bits per heavy atom. The first kappa shape index (κ1) is 15.9. The molecule has 0 heterocycles. The van der Waals surface area contributed by atoms with Crippen LogP contribution in [0, 0.1) is 17.2 Å². The Kier molecular flexibility index (Phi) is 8.38. The molecule has 0 rings (SSSR count). The number of nitrogens with zero attached hydrogens (tertiary/aromatic N) is 3. The molecule has 0 bridgehead atoms. The second-order valence-electron chi connectivity index (χ2n) is 4.16. The summed E-state index contributed by atoms with van der Waals surface area (Å²) in [6.45, 7) is 10.2. The van der Waals surface area contributed by atoms with Crippen LogP contribution >= 0.6 is 0 Å². The molecule has 5 heteroatoms. The number of aliphatic carboxylic acids is 1. The van der Waals surface area contributed by atoms with E-state index in [-0.39, 0.29) is 0 Å². The molecule has 0 aliphatic carbocycles. The summed E-state index contributed by atoms with van der Waals surface area (Å²) in [5, 5.41) is 17.6. The van der Waals surface area contributed by atoms with Crippen molar-refractivity contribution >= 4 is 5.97 Å². The highest BCUT2D eigenvalue weighted by molar-refractivity contribution is 5.69. The van der Waals surface area contributed by atoms with Crippen LogP contribution in [0.15, 0.2) is 0 Å². The molecule has 0 spiro atoms. The van der Waals surface area contributed by atoms with Crippen LogP contribution in [0.1, 0.15) is 20.8 Å². The smallest absolute Gasteiger partial charge is 0.307 e. The first-order valence-electron chi connectivity index (χ1n) is 6.09. The molecule has 0 aromatic carbocycles. The zero-order valence-electron chi connectivity index (χ0n) is 11.0. The number of carbonyl (C=O) groups is 1. The van der Waals surface area contributed by atoms with E-state index in [2.05, 4.69) is 24.8 Å². The molecule has 0 amide bonds. The summed E-state index contributed by atoms with van der Waals surface area (Å²) in [6.07, 6.45) is 0. The molecule has 0 saturated heterocycles. The highest BCUT2D eigenvalue weighted by Crippen LogP contribution is 2.00. The van der Waals surface area contributed by atoms with Gasteiger partial charge in [0.05, 0.1) is 18.5 Å². The van der Waals surface area contributed by atoms with Gasteiger partial charge in [0.1, 0.15) is 0 Å². The number of carboxylic acids is 1. The van der Waals surface area contributed by atoms with Crippen LogP contribution in [0.25, 0.3) is 0 Å². The summed E-state index contributed by atoms with van der Waals surface area (Å²) in [5.41, 5.74) is 0. The number of rotatable bonds is 9. The monoisotopic (exact) mass is 241 g/mol. The molecular formula is C12H23N3O2. The van der Waals surface area contributed by atoms with Crippen molar-refractivity contribution in [2.24, 2.45) is 5.92 Å². The highest BCUT2D eigenvalue weighted by atomic mass is 16.4. The third-order valence-corrected chi connectivity index (χ3v) is 2.87. The van der Waals surface area contributed by atoms with Gasteiger partial charge in [-0.2, -0.15) is 5.26 Å². The van der Waals surface area contributed by atoms with Gasteiger partial charge in [0.25, 0.3) is 0 Å². The summed E-state index contributed by atoms with van der Waals surface area (Å²) in [6, 6.07) is 2.09. The topological polar surface area (TPSA) is 67.6 Å². The van der Waals surface area contributed by atoms with Gasteiger partial charge < -0.3 is 10.0 Å². The minimum Gasteiger partial charge on any atom is -0.481 e. The summed E-state index contributed by atoms with van der Waals surface area (Å²) in [7, 11) is 0. The second-order valence-corrected chi connectivity index (χ2v) is 4.16. The zero-order valence-corrected chi connectivity index (χ0v) is 11.0. The van der Waals surface area contributed by atoms with Gasteiger partial charge in [0.15, 0.2) is 0 Å². The van der Waals surface area contributed by atoms with Crippen molar-refractivity contribution in [2.75, 3.05) is 39.3 Å². The second kappa shape index (κ2) is 8.97. The molecule has 1 unspecified atom stereocenters. The molecular weight excluding hydrogens is 218 g/mol. The molecule has 1 atom stereocenters. The molecule has 0 aromatic heterocycles. The van der Waals surface area contributed by atoms with Crippen LogP contribution in [0.2, 0.25) is 0 Å². The number of likely N-dealkylation sites (N-methyl/N-ethyl adjacent to an activating group) is 1. The summed E-state index contributed by atoms with van der Waals surface area (Å²) in [4.78, 5) is 14.9. The fourth-order valence-electron chi connectivity index (χ4n) is 1.62. The average molecular weight is 241 g/mol. The van der Waals surface area contributed by atoms with Gasteiger partial charge in [-0.3, -0.25) is 9.69 Å². The Morgan fingerprint density at radius 1 is 1.29 bits per heavy atom. The van der Waals surface area contributed by atoms with Crippen LogP contribution in [0.4, 0.5) is 0 Å². The van der Waals surface area contributed by atoms with Gasteiger partial charge in [0.2, 0.25) is 0 Å². The Bertz CT molecular complexity index is 259. The van der Waals surface area contributed by atoms with Crippen LogP contribution < -0.4 is 0 Å². The number of nitriles is 1. The lowest BCUT2D eigenvalue weighted by molar-refractivity contribution is -0.141. The summed E-state index contributed by atoms with van der Waals surface area (Å²) in [5.74, 6) is -1.24. The van der Waals surface area contributed by atoms with Crippen LogP contribution in [0.5, 0.6) is 0 Å². The van der Waals surface area contributed by atoms with Gasteiger partial charge >= 0.3 is 5.97 Å². The number of hydrogen-bond acceptors (Lipinski definition) is 4. The molecule has 0 aliphatic rings. The lowest BCUT2D eigenvalue weighted by Crippen LogP contribution is -2.38. The largest absolute Gasteiger partial charge is 0.481 e. The van der Waals surface area contributed by atoms with Gasteiger partial charge in [-0.1, -0.05) is 20.8 Å². The lowest BCUT2D eigenvalue weighted by atomic mass is 10.1. The molecule has 0 fully saturated rings. The van der Waals surface area contributed by atoms with E-state index in [1.54, 1.807) is 6.92 Å². The summed E-state index contributed by atoms with van der Waals surface area (Å²) >= 11 is 0.